The van der Waals surface area contributed by atoms with Gasteiger partial charge in [-0.15, -0.1) is 0 Å². The van der Waals surface area contributed by atoms with Gasteiger partial charge < -0.3 is 24.9 Å². The predicted octanol–water partition coefficient (Wildman–Crippen LogP) is 6.02. The molecule has 4 heterocycles. The lowest BCUT2D eigenvalue weighted by molar-refractivity contribution is 0.444. The quantitative estimate of drug-likeness (QED) is 0.289. The Kier molecular flexibility index (Phi) is 7.45. The third-order valence-electron chi connectivity index (χ3n) is 7.50. The normalized spacial score (nSPS) is 17.0. The first-order valence-corrected chi connectivity index (χ1v) is 14.2. The highest BCUT2D eigenvalue weighted by molar-refractivity contribution is 7.80. The summed E-state index contributed by atoms with van der Waals surface area (Å²) in [6.07, 6.45) is 3.44. The molecule has 39 heavy (non-hydrogen) atoms. The number of hydrogen-bond acceptors (Lipinski definition) is 6. The van der Waals surface area contributed by atoms with Gasteiger partial charge in [-0.1, -0.05) is 61.5 Å². The molecule has 8 heteroatoms. The molecule has 2 aromatic heterocycles. The highest BCUT2D eigenvalue weighted by atomic mass is 32.1. The van der Waals surface area contributed by atoms with E-state index in [-0.39, 0.29) is 0 Å². The number of anilines is 3. The van der Waals surface area contributed by atoms with Crippen LogP contribution in [-0.2, 0) is 19.5 Å². The zero-order valence-corrected chi connectivity index (χ0v) is 23.1. The number of aromatic nitrogens is 2. The standard InChI is InChI=1S/C31H34N6OS/c1-22-8-7-16-36(20-22)28-18-29(37-17-15-23-9-5-6-12-25(23)21-37)34-30(33-28)35-31(39)32-19-26-13-14-27(38-26)24-10-3-2-4-11-24/h2-6,9-14,18,22H,7-8,15-17,19-21H2,1H3,(H2,32,33,34,35,39)/t22-/m1/s1. The van der Waals surface area contributed by atoms with E-state index in [1.807, 2.05) is 42.5 Å². The molecule has 2 N–H and O–H groups in total. The Bertz CT molecular complexity index is 1440. The number of nitrogens with zero attached hydrogens (tertiary/aromatic N) is 4. The first kappa shape index (κ1) is 25.4. The van der Waals surface area contributed by atoms with Gasteiger partial charge >= 0.3 is 0 Å². The average Bonchev–Trinajstić information content (AvgIpc) is 3.45. The first-order chi connectivity index (χ1) is 19.1. The van der Waals surface area contributed by atoms with Gasteiger partial charge in [0.05, 0.1) is 6.54 Å². The molecule has 200 valence electrons. The summed E-state index contributed by atoms with van der Waals surface area (Å²) in [5.74, 6) is 4.69. The van der Waals surface area contributed by atoms with Crippen LogP contribution in [0.4, 0.5) is 17.6 Å². The first-order valence-electron chi connectivity index (χ1n) is 13.8. The SMILES string of the molecule is C[C@@H]1CCCN(c2cc(N3CCc4ccccc4C3)nc(NC(=S)NCc3ccc(-c4ccccc4)o3)n2)C1. The molecule has 7 nitrogen and oxygen atoms in total. The van der Waals surface area contributed by atoms with Crippen LogP contribution in [-0.4, -0.2) is 34.7 Å². The van der Waals surface area contributed by atoms with Gasteiger partial charge in [0, 0.05) is 37.8 Å². The molecule has 0 saturated carbocycles. The molecule has 6 rings (SSSR count). The molecule has 1 atom stereocenters. The maximum Gasteiger partial charge on any atom is 0.232 e. The van der Waals surface area contributed by atoms with Crippen molar-refractivity contribution in [1.29, 1.82) is 0 Å². The van der Waals surface area contributed by atoms with Crippen LogP contribution in [0.1, 0.15) is 36.7 Å². The van der Waals surface area contributed by atoms with Gasteiger partial charge in [-0.3, -0.25) is 0 Å². The van der Waals surface area contributed by atoms with Gasteiger partial charge in [0.15, 0.2) is 5.11 Å². The van der Waals surface area contributed by atoms with Gasteiger partial charge in [-0.05, 0) is 60.7 Å². The molecular weight excluding hydrogens is 504 g/mol. The van der Waals surface area contributed by atoms with Crippen LogP contribution in [0, 0.1) is 5.92 Å². The second kappa shape index (κ2) is 11.5. The van der Waals surface area contributed by atoms with E-state index in [2.05, 4.69) is 57.7 Å². The van der Waals surface area contributed by atoms with E-state index in [9.17, 15) is 0 Å². The molecule has 2 aromatic carbocycles. The van der Waals surface area contributed by atoms with Crippen molar-refractivity contribution in [3.05, 3.63) is 89.7 Å². The highest BCUT2D eigenvalue weighted by Crippen LogP contribution is 2.29. The van der Waals surface area contributed by atoms with E-state index in [1.165, 1.54) is 24.0 Å². The zero-order chi connectivity index (χ0) is 26.6. The minimum atomic E-state index is 0.465. The van der Waals surface area contributed by atoms with Crippen LogP contribution in [0.3, 0.4) is 0 Å². The van der Waals surface area contributed by atoms with Crippen LogP contribution >= 0.6 is 12.2 Å². The summed E-state index contributed by atoms with van der Waals surface area (Å²) in [7, 11) is 0. The molecule has 0 radical (unpaired) electrons. The van der Waals surface area contributed by atoms with Crippen molar-refractivity contribution in [2.75, 3.05) is 34.8 Å². The van der Waals surface area contributed by atoms with Crippen molar-refractivity contribution in [2.45, 2.75) is 39.3 Å². The molecule has 2 aliphatic rings. The van der Waals surface area contributed by atoms with Crippen LogP contribution < -0.4 is 20.4 Å². The molecular formula is C31H34N6OS. The maximum atomic E-state index is 6.01. The summed E-state index contributed by atoms with van der Waals surface area (Å²) in [6.45, 7) is 6.56. The maximum absolute atomic E-state index is 6.01. The van der Waals surface area contributed by atoms with Gasteiger partial charge in [0.25, 0.3) is 0 Å². The number of thiocarbonyl (C=S) groups is 1. The number of piperidine rings is 1. The Morgan fingerprint density at radius 3 is 2.54 bits per heavy atom. The number of hydrogen-bond donors (Lipinski definition) is 2. The van der Waals surface area contributed by atoms with Gasteiger partial charge in [-0.2, -0.15) is 9.97 Å². The Labute approximate surface area is 235 Å². The van der Waals surface area contributed by atoms with Crippen LogP contribution in [0.2, 0.25) is 0 Å². The van der Waals surface area contributed by atoms with Gasteiger partial charge in [0.2, 0.25) is 5.95 Å². The topological polar surface area (TPSA) is 69.5 Å². The lowest BCUT2D eigenvalue weighted by Crippen LogP contribution is -2.36. The Morgan fingerprint density at radius 1 is 0.949 bits per heavy atom. The number of nitrogens with one attached hydrogen (secondary N) is 2. The number of rotatable bonds is 6. The highest BCUT2D eigenvalue weighted by Gasteiger charge is 2.23. The summed E-state index contributed by atoms with van der Waals surface area (Å²) in [5, 5.41) is 6.96. The van der Waals surface area contributed by atoms with E-state index < -0.39 is 0 Å². The summed E-state index contributed by atoms with van der Waals surface area (Å²) < 4.78 is 6.01. The van der Waals surface area contributed by atoms with Crippen molar-refractivity contribution >= 4 is 34.9 Å². The lowest BCUT2D eigenvalue weighted by atomic mass is 10.00. The third kappa shape index (κ3) is 6.06. The second-order valence-corrected chi connectivity index (χ2v) is 10.9. The molecule has 0 amide bonds. The number of furan rings is 1. The summed E-state index contributed by atoms with van der Waals surface area (Å²) >= 11 is 5.63. The minimum Gasteiger partial charge on any atom is -0.459 e. The summed E-state index contributed by atoms with van der Waals surface area (Å²) in [6, 6.07) is 24.9. The molecule has 0 spiro atoms. The largest absolute Gasteiger partial charge is 0.459 e. The zero-order valence-electron chi connectivity index (χ0n) is 22.3. The van der Waals surface area contributed by atoms with Crippen molar-refractivity contribution in [2.24, 2.45) is 5.92 Å². The molecule has 1 fully saturated rings. The second-order valence-electron chi connectivity index (χ2n) is 10.5. The van der Waals surface area contributed by atoms with E-state index in [4.69, 9.17) is 26.6 Å². The van der Waals surface area contributed by atoms with E-state index in [1.54, 1.807) is 0 Å². The monoisotopic (exact) mass is 538 g/mol. The lowest BCUT2D eigenvalue weighted by Gasteiger charge is -2.34. The molecule has 0 bridgehead atoms. The fourth-order valence-electron chi connectivity index (χ4n) is 5.43. The summed E-state index contributed by atoms with van der Waals surface area (Å²) in [5.41, 5.74) is 3.83. The fraction of sp³-hybridized carbons (Fsp3) is 0.323. The number of fused-ring (bicyclic) bond motifs is 1. The van der Waals surface area contributed by atoms with Crippen LogP contribution in [0.25, 0.3) is 11.3 Å². The third-order valence-corrected chi connectivity index (χ3v) is 7.75. The molecule has 1 saturated heterocycles. The van der Waals surface area contributed by atoms with E-state index in [0.29, 0.717) is 23.5 Å². The number of benzene rings is 2. The van der Waals surface area contributed by atoms with Crippen molar-refractivity contribution in [3.8, 4) is 11.3 Å². The predicted molar refractivity (Wildman–Crippen MR) is 161 cm³/mol. The van der Waals surface area contributed by atoms with Crippen molar-refractivity contribution in [3.63, 3.8) is 0 Å². The summed E-state index contributed by atoms with van der Waals surface area (Å²) in [4.78, 5) is 14.5. The van der Waals surface area contributed by atoms with E-state index >= 15 is 0 Å². The van der Waals surface area contributed by atoms with E-state index in [0.717, 1.165) is 61.3 Å². The van der Waals surface area contributed by atoms with Crippen LogP contribution in [0.5, 0.6) is 0 Å². The Hall–Kier alpha value is -3.91. The Balaban J connectivity index is 1.18. The average molecular weight is 539 g/mol. The minimum absolute atomic E-state index is 0.465. The molecule has 0 aliphatic carbocycles. The van der Waals surface area contributed by atoms with Crippen molar-refractivity contribution < 1.29 is 4.42 Å². The smallest absolute Gasteiger partial charge is 0.232 e. The van der Waals surface area contributed by atoms with Gasteiger partial charge in [0.1, 0.15) is 23.2 Å². The molecule has 4 aromatic rings. The van der Waals surface area contributed by atoms with Crippen molar-refractivity contribution in [1.82, 2.24) is 15.3 Å². The Morgan fingerprint density at radius 2 is 1.72 bits per heavy atom. The van der Waals surface area contributed by atoms with Gasteiger partial charge in [-0.25, -0.2) is 0 Å². The molecule has 0 unspecified atom stereocenters. The molecule has 2 aliphatic heterocycles. The fourth-order valence-corrected chi connectivity index (χ4v) is 5.60. The van der Waals surface area contributed by atoms with Crippen LogP contribution in [0.15, 0.2) is 77.2 Å².